The maximum Gasteiger partial charge on any atom is 0.0899 e. The SMILES string of the molecule is CCCCCCN(/[N+]([O-])=N/[O-])C(C)(C)C. The van der Waals surface area contributed by atoms with E-state index in [1.54, 1.807) is 0 Å². The van der Waals surface area contributed by atoms with E-state index in [0.717, 1.165) is 25.7 Å². The zero-order valence-corrected chi connectivity index (χ0v) is 10.2. The van der Waals surface area contributed by atoms with E-state index in [1.807, 2.05) is 20.8 Å². The summed E-state index contributed by atoms with van der Waals surface area (Å²) in [6, 6.07) is 0. The molecule has 90 valence electrons. The zero-order chi connectivity index (χ0) is 11.9. The van der Waals surface area contributed by atoms with Crippen molar-refractivity contribution in [3.8, 4) is 0 Å². The summed E-state index contributed by atoms with van der Waals surface area (Å²) in [5, 5.41) is 25.3. The van der Waals surface area contributed by atoms with Crippen LogP contribution in [-0.2, 0) is 0 Å². The molecule has 0 amide bonds. The van der Waals surface area contributed by atoms with Crippen molar-refractivity contribution in [2.45, 2.75) is 58.9 Å². The highest BCUT2D eigenvalue weighted by Gasteiger charge is 2.27. The van der Waals surface area contributed by atoms with E-state index in [2.05, 4.69) is 12.2 Å². The third-order valence-corrected chi connectivity index (χ3v) is 2.27. The standard InChI is InChI=1S/C10H23N3O2/c1-5-6-7-8-9-12(10(2,3)4)13(15)11-14/h14H,5-9H2,1-4H3/p-1/b13-11-. The molecule has 0 fully saturated rings. The van der Waals surface area contributed by atoms with Gasteiger partial charge in [-0.15, -0.1) is 5.01 Å². The summed E-state index contributed by atoms with van der Waals surface area (Å²) >= 11 is 0. The highest BCUT2D eigenvalue weighted by molar-refractivity contribution is 4.69. The number of hydrazine groups is 1. The van der Waals surface area contributed by atoms with Crippen LogP contribution in [0.4, 0.5) is 0 Å². The quantitative estimate of drug-likeness (QED) is 0.296. The lowest BCUT2D eigenvalue weighted by Crippen LogP contribution is -2.46. The van der Waals surface area contributed by atoms with Gasteiger partial charge in [0.15, 0.2) is 0 Å². The minimum absolute atomic E-state index is 0.159. The molecule has 0 heterocycles. The van der Waals surface area contributed by atoms with Crippen molar-refractivity contribution in [2.75, 3.05) is 6.54 Å². The molecule has 0 aromatic carbocycles. The Balaban J connectivity index is 4.16. The molecule has 0 rings (SSSR count). The molecule has 5 heteroatoms. The molecular formula is C10H22N3O2-. The van der Waals surface area contributed by atoms with Gasteiger partial charge in [-0.25, -0.2) is 0 Å². The lowest BCUT2D eigenvalue weighted by atomic mass is 10.1. The monoisotopic (exact) mass is 216 g/mol. The van der Waals surface area contributed by atoms with Crippen molar-refractivity contribution in [3.63, 3.8) is 0 Å². The smallest absolute Gasteiger partial charge is 0.0899 e. The van der Waals surface area contributed by atoms with Crippen molar-refractivity contribution in [1.82, 2.24) is 5.01 Å². The van der Waals surface area contributed by atoms with Gasteiger partial charge in [0.25, 0.3) is 0 Å². The van der Waals surface area contributed by atoms with E-state index in [4.69, 9.17) is 0 Å². The molecule has 0 spiro atoms. The van der Waals surface area contributed by atoms with Crippen LogP contribution in [0.5, 0.6) is 0 Å². The Labute approximate surface area is 91.9 Å². The Kier molecular flexibility index (Phi) is 6.05. The summed E-state index contributed by atoms with van der Waals surface area (Å²) in [6.07, 6.45) is 4.31. The topological polar surface area (TPSA) is 64.7 Å². The number of hydrogen-bond donors (Lipinski definition) is 0. The van der Waals surface area contributed by atoms with E-state index in [0.29, 0.717) is 6.54 Å². The van der Waals surface area contributed by atoms with Gasteiger partial charge in [-0.2, -0.15) is 0 Å². The fourth-order valence-electron chi connectivity index (χ4n) is 1.41. The molecular weight excluding hydrogens is 194 g/mol. The van der Waals surface area contributed by atoms with Gasteiger partial charge in [-0.1, -0.05) is 26.2 Å². The minimum atomic E-state index is -0.359. The van der Waals surface area contributed by atoms with Crippen molar-refractivity contribution >= 4 is 0 Å². The molecule has 0 aliphatic rings. The van der Waals surface area contributed by atoms with Crippen molar-refractivity contribution in [1.29, 1.82) is 0 Å². The lowest BCUT2D eigenvalue weighted by molar-refractivity contribution is -0.706. The summed E-state index contributed by atoms with van der Waals surface area (Å²) in [7, 11) is 0. The van der Waals surface area contributed by atoms with Gasteiger partial charge in [0.05, 0.1) is 12.1 Å². The van der Waals surface area contributed by atoms with Crippen LogP contribution in [0.3, 0.4) is 0 Å². The Morgan fingerprint density at radius 1 is 1.20 bits per heavy atom. The Morgan fingerprint density at radius 2 is 1.80 bits per heavy atom. The van der Waals surface area contributed by atoms with Crippen LogP contribution in [0.15, 0.2) is 5.28 Å². The van der Waals surface area contributed by atoms with E-state index < -0.39 is 0 Å². The van der Waals surface area contributed by atoms with E-state index in [1.165, 1.54) is 5.01 Å². The first-order valence-corrected chi connectivity index (χ1v) is 5.51. The molecule has 5 nitrogen and oxygen atoms in total. The molecule has 0 bridgehead atoms. The van der Waals surface area contributed by atoms with Crippen LogP contribution >= 0.6 is 0 Å². The van der Waals surface area contributed by atoms with E-state index in [9.17, 15) is 10.4 Å². The molecule has 0 saturated heterocycles. The molecule has 0 aliphatic carbocycles. The first-order chi connectivity index (χ1) is 6.93. The van der Waals surface area contributed by atoms with Gasteiger partial charge in [-0.05, 0) is 32.5 Å². The van der Waals surface area contributed by atoms with Crippen LogP contribution in [0, 0.1) is 10.4 Å². The third kappa shape index (κ3) is 5.44. The maximum atomic E-state index is 11.2. The van der Waals surface area contributed by atoms with Crippen molar-refractivity contribution < 1.29 is 4.97 Å². The van der Waals surface area contributed by atoms with Crippen LogP contribution in [0.25, 0.3) is 0 Å². The Morgan fingerprint density at radius 3 is 2.20 bits per heavy atom. The minimum Gasteiger partial charge on any atom is -0.737 e. The largest absolute Gasteiger partial charge is 0.737 e. The van der Waals surface area contributed by atoms with Crippen LogP contribution in [0.2, 0.25) is 0 Å². The molecule has 0 atom stereocenters. The van der Waals surface area contributed by atoms with E-state index >= 15 is 0 Å². The molecule has 0 unspecified atom stereocenters. The average molecular weight is 216 g/mol. The fraction of sp³-hybridized carbons (Fsp3) is 1.00. The highest BCUT2D eigenvalue weighted by atomic mass is 16.6. The summed E-state index contributed by atoms with van der Waals surface area (Å²) < 4.78 is 0. The van der Waals surface area contributed by atoms with Crippen LogP contribution < -0.4 is 0 Å². The number of rotatable bonds is 6. The molecule has 0 radical (unpaired) electrons. The predicted molar refractivity (Wildman–Crippen MR) is 60.0 cm³/mol. The molecule has 0 aliphatic heterocycles. The fourth-order valence-corrected chi connectivity index (χ4v) is 1.41. The summed E-state index contributed by atoms with van der Waals surface area (Å²) in [4.78, 5) is 0.159. The van der Waals surface area contributed by atoms with Gasteiger partial charge in [0.2, 0.25) is 0 Å². The first kappa shape index (κ1) is 14.0. The molecule has 0 saturated carbocycles. The maximum absolute atomic E-state index is 11.2. The Bertz CT molecular complexity index is 199. The summed E-state index contributed by atoms with van der Waals surface area (Å²) in [5.41, 5.74) is -0.359. The van der Waals surface area contributed by atoms with Crippen molar-refractivity contribution in [3.05, 3.63) is 10.4 Å². The van der Waals surface area contributed by atoms with Gasteiger partial charge in [0.1, 0.15) is 0 Å². The second-order valence-corrected chi connectivity index (χ2v) is 4.69. The third-order valence-electron chi connectivity index (χ3n) is 2.27. The molecule has 0 aromatic heterocycles. The van der Waals surface area contributed by atoms with Crippen LogP contribution in [-0.4, -0.2) is 22.1 Å². The average Bonchev–Trinajstić information content (AvgIpc) is 2.15. The highest BCUT2D eigenvalue weighted by Crippen LogP contribution is 2.15. The van der Waals surface area contributed by atoms with Gasteiger partial charge < -0.3 is 10.4 Å². The van der Waals surface area contributed by atoms with E-state index in [-0.39, 0.29) is 10.5 Å². The molecule has 15 heavy (non-hydrogen) atoms. The van der Waals surface area contributed by atoms with Crippen LogP contribution in [0.1, 0.15) is 53.4 Å². The van der Waals surface area contributed by atoms with Gasteiger partial charge in [0, 0.05) is 4.97 Å². The Hall–Kier alpha value is -1.00. The predicted octanol–water partition coefficient (Wildman–Crippen LogP) is 3.04. The summed E-state index contributed by atoms with van der Waals surface area (Å²) in [6.45, 7) is 8.39. The number of hydrogen-bond acceptors (Lipinski definition) is 3. The lowest BCUT2D eigenvalue weighted by Gasteiger charge is -2.31. The number of nitrogens with zero attached hydrogens (tertiary/aromatic N) is 3. The van der Waals surface area contributed by atoms with Gasteiger partial charge in [-0.3, -0.25) is 0 Å². The normalized spacial score (nSPS) is 12.9. The second-order valence-electron chi connectivity index (χ2n) is 4.69. The summed E-state index contributed by atoms with van der Waals surface area (Å²) in [5.74, 6) is 0. The van der Waals surface area contributed by atoms with Gasteiger partial charge >= 0.3 is 0 Å². The molecule has 0 aromatic rings. The number of unbranched alkanes of at least 4 members (excludes halogenated alkanes) is 3. The zero-order valence-electron chi connectivity index (χ0n) is 10.2. The molecule has 0 N–H and O–H groups in total. The first-order valence-electron chi connectivity index (χ1n) is 5.51. The second kappa shape index (κ2) is 6.48. The van der Waals surface area contributed by atoms with Crippen molar-refractivity contribution in [2.24, 2.45) is 5.28 Å².